The molecule has 0 fully saturated rings. The van der Waals surface area contributed by atoms with Crippen molar-refractivity contribution in [2.75, 3.05) is 25.5 Å². The summed E-state index contributed by atoms with van der Waals surface area (Å²) in [6, 6.07) is 8.26. The first-order chi connectivity index (χ1) is 10.6. The minimum Gasteiger partial charge on any atom is -0.325 e. The molecule has 120 valence electrons. The molecule has 1 N–H and O–H groups in total. The molecule has 3 heteroatoms. The van der Waals surface area contributed by atoms with Crippen molar-refractivity contribution >= 4 is 11.6 Å². The molecule has 0 heterocycles. The van der Waals surface area contributed by atoms with Crippen LogP contribution in [0.4, 0.5) is 5.69 Å². The second-order valence-electron chi connectivity index (χ2n) is 5.82. The molecule has 1 rings (SSSR count). The second kappa shape index (κ2) is 10.0. The number of amides is 1. The fourth-order valence-electron chi connectivity index (χ4n) is 2.67. The summed E-state index contributed by atoms with van der Waals surface area (Å²) in [5.41, 5.74) is 2.21. The largest absolute Gasteiger partial charge is 0.325 e. The number of nitrogens with zero attached hydrogens (tertiary/aromatic N) is 1. The maximum atomic E-state index is 11.9. The predicted molar refractivity (Wildman–Crippen MR) is 94.0 cm³/mol. The van der Waals surface area contributed by atoms with Crippen LogP contribution in [0, 0.1) is 12.3 Å². The van der Waals surface area contributed by atoms with Gasteiger partial charge in [-0.05, 0) is 43.5 Å². The van der Waals surface area contributed by atoms with Crippen molar-refractivity contribution in [2.24, 2.45) is 0 Å². The number of anilines is 1. The average Bonchev–Trinajstić information content (AvgIpc) is 2.48. The van der Waals surface area contributed by atoms with Crippen molar-refractivity contribution in [1.29, 1.82) is 0 Å². The zero-order valence-electron chi connectivity index (χ0n) is 14.1. The van der Waals surface area contributed by atoms with Gasteiger partial charge in [-0.25, -0.2) is 0 Å². The molecule has 0 atom stereocenters. The van der Waals surface area contributed by atoms with Gasteiger partial charge in [0.1, 0.15) is 0 Å². The number of carbonyl (C=O) groups is 1. The van der Waals surface area contributed by atoms with Gasteiger partial charge in [-0.2, -0.15) is 0 Å². The van der Waals surface area contributed by atoms with Gasteiger partial charge in [-0.15, -0.1) is 6.42 Å². The zero-order valence-corrected chi connectivity index (χ0v) is 14.1. The van der Waals surface area contributed by atoms with Crippen LogP contribution in [0.15, 0.2) is 24.3 Å². The molecule has 0 aliphatic heterocycles. The molecule has 1 aromatic rings. The topological polar surface area (TPSA) is 32.3 Å². The van der Waals surface area contributed by atoms with Gasteiger partial charge in [0.05, 0.1) is 13.1 Å². The lowest BCUT2D eigenvalue weighted by molar-refractivity contribution is -0.116. The molecule has 22 heavy (non-hydrogen) atoms. The van der Waals surface area contributed by atoms with Crippen molar-refractivity contribution < 1.29 is 4.79 Å². The van der Waals surface area contributed by atoms with Gasteiger partial charge < -0.3 is 5.32 Å². The minimum atomic E-state index is -0.0378. The zero-order chi connectivity index (χ0) is 16.4. The second-order valence-corrected chi connectivity index (χ2v) is 5.82. The molecule has 0 unspecified atom stereocenters. The van der Waals surface area contributed by atoms with E-state index in [-0.39, 0.29) is 5.91 Å². The number of likely N-dealkylation sites (N-methyl/N-ethyl adjacent to an activating group) is 1. The molecule has 0 saturated carbocycles. The van der Waals surface area contributed by atoms with E-state index in [1.807, 2.05) is 24.1 Å². The third-order valence-electron chi connectivity index (χ3n) is 3.71. The van der Waals surface area contributed by atoms with E-state index in [9.17, 15) is 4.79 Å². The van der Waals surface area contributed by atoms with Gasteiger partial charge in [0.25, 0.3) is 0 Å². The molecule has 0 spiro atoms. The van der Waals surface area contributed by atoms with Gasteiger partial charge in [-0.1, -0.05) is 44.7 Å². The first kappa shape index (κ1) is 18.3. The Bertz CT molecular complexity index is 481. The molecule has 3 nitrogen and oxygen atoms in total. The van der Waals surface area contributed by atoms with E-state index in [0.717, 1.165) is 5.69 Å². The van der Waals surface area contributed by atoms with Crippen molar-refractivity contribution in [3.8, 4) is 12.3 Å². The van der Waals surface area contributed by atoms with E-state index in [0.29, 0.717) is 19.0 Å². The summed E-state index contributed by atoms with van der Waals surface area (Å²) >= 11 is 0. The lowest BCUT2D eigenvalue weighted by atomic mass is 9.90. The summed E-state index contributed by atoms with van der Waals surface area (Å²) < 4.78 is 0. The third kappa shape index (κ3) is 6.32. The van der Waals surface area contributed by atoms with Crippen LogP contribution in [-0.2, 0) is 4.79 Å². The SMILES string of the molecule is C#CCN(C)CC(=O)Nc1ccc(C(CCC)CCC)cc1. The van der Waals surface area contributed by atoms with Gasteiger partial charge >= 0.3 is 0 Å². The van der Waals surface area contributed by atoms with Gasteiger partial charge in [-0.3, -0.25) is 9.69 Å². The number of carbonyl (C=O) groups excluding carboxylic acids is 1. The van der Waals surface area contributed by atoms with Crippen molar-refractivity contribution in [3.05, 3.63) is 29.8 Å². The Balaban J connectivity index is 2.60. The van der Waals surface area contributed by atoms with E-state index in [1.165, 1.54) is 31.2 Å². The maximum absolute atomic E-state index is 11.9. The van der Waals surface area contributed by atoms with Crippen LogP contribution in [-0.4, -0.2) is 30.9 Å². The first-order valence-electron chi connectivity index (χ1n) is 8.12. The Morgan fingerprint density at radius 2 is 1.82 bits per heavy atom. The summed E-state index contributed by atoms with van der Waals surface area (Å²) in [6.45, 7) is 5.23. The highest BCUT2D eigenvalue weighted by Gasteiger charge is 2.10. The van der Waals surface area contributed by atoms with Crippen molar-refractivity contribution in [3.63, 3.8) is 0 Å². The number of nitrogens with one attached hydrogen (secondary N) is 1. The van der Waals surface area contributed by atoms with Crippen LogP contribution in [0.1, 0.15) is 51.0 Å². The monoisotopic (exact) mass is 300 g/mol. The summed E-state index contributed by atoms with van der Waals surface area (Å²) in [5.74, 6) is 3.12. The van der Waals surface area contributed by atoms with Crippen LogP contribution in [0.25, 0.3) is 0 Å². The molecule has 0 radical (unpaired) electrons. The van der Waals surface area contributed by atoms with E-state index >= 15 is 0 Å². The van der Waals surface area contributed by atoms with E-state index in [1.54, 1.807) is 0 Å². The summed E-state index contributed by atoms with van der Waals surface area (Å²) in [7, 11) is 1.84. The quantitative estimate of drug-likeness (QED) is 0.702. The Morgan fingerprint density at radius 1 is 1.23 bits per heavy atom. The Morgan fingerprint density at radius 3 is 2.32 bits per heavy atom. The van der Waals surface area contributed by atoms with Gasteiger partial charge in [0.15, 0.2) is 0 Å². The first-order valence-corrected chi connectivity index (χ1v) is 8.12. The van der Waals surface area contributed by atoms with Crippen LogP contribution in [0.2, 0.25) is 0 Å². The lowest BCUT2D eigenvalue weighted by Crippen LogP contribution is -2.30. The molecule has 1 aromatic carbocycles. The van der Waals surface area contributed by atoms with E-state index < -0.39 is 0 Å². The standard InChI is InChI=1S/C19H28N2O/c1-5-8-16(9-6-2)17-10-12-18(13-11-17)20-19(22)15-21(4)14-7-3/h3,10-13,16H,5-6,8-9,14-15H2,1-2,4H3,(H,20,22). The van der Waals surface area contributed by atoms with Crippen LogP contribution in [0.3, 0.4) is 0 Å². The molecular weight excluding hydrogens is 272 g/mol. The maximum Gasteiger partial charge on any atom is 0.238 e. The number of hydrogen-bond donors (Lipinski definition) is 1. The molecule has 1 amide bonds. The fraction of sp³-hybridized carbons (Fsp3) is 0.526. The van der Waals surface area contributed by atoms with Gasteiger partial charge in [0, 0.05) is 5.69 Å². The smallest absolute Gasteiger partial charge is 0.238 e. The molecule has 0 saturated heterocycles. The molecule has 0 aliphatic carbocycles. The minimum absolute atomic E-state index is 0.0378. The fourth-order valence-corrected chi connectivity index (χ4v) is 2.67. The number of benzene rings is 1. The van der Waals surface area contributed by atoms with Crippen molar-refractivity contribution in [1.82, 2.24) is 4.90 Å². The van der Waals surface area contributed by atoms with Crippen molar-refractivity contribution in [2.45, 2.75) is 45.4 Å². The lowest BCUT2D eigenvalue weighted by Gasteiger charge is -2.17. The summed E-state index contributed by atoms with van der Waals surface area (Å²) in [4.78, 5) is 13.7. The van der Waals surface area contributed by atoms with Crippen LogP contribution < -0.4 is 5.32 Å². The number of hydrogen-bond acceptors (Lipinski definition) is 2. The van der Waals surface area contributed by atoms with Crippen LogP contribution in [0.5, 0.6) is 0 Å². The highest BCUT2D eigenvalue weighted by molar-refractivity contribution is 5.92. The summed E-state index contributed by atoms with van der Waals surface area (Å²) in [5, 5.41) is 2.91. The number of terminal acetylenes is 1. The average molecular weight is 300 g/mol. The predicted octanol–water partition coefficient (Wildman–Crippen LogP) is 3.87. The van der Waals surface area contributed by atoms with E-state index in [4.69, 9.17) is 6.42 Å². The Labute approximate surface area is 135 Å². The van der Waals surface area contributed by atoms with Gasteiger partial charge in [0.2, 0.25) is 5.91 Å². The third-order valence-corrected chi connectivity index (χ3v) is 3.71. The normalized spacial score (nSPS) is 10.7. The summed E-state index contributed by atoms with van der Waals surface area (Å²) in [6.07, 6.45) is 10.1. The van der Waals surface area contributed by atoms with E-state index in [2.05, 4.69) is 37.2 Å². The van der Waals surface area contributed by atoms with Crippen LogP contribution >= 0.6 is 0 Å². The molecular formula is C19H28N2O. The number of rotatable bonds is 9. The Hall–Kier alpha value is -1.79. The molecule has 0 aromatic heterocycles. The Kier molecular flexibility index (Phi) is 8.32. The molecule has 0 aliphatic rings. The highest BCUT2D eigenvalue weighted by atomic mass is 16.2. The molecule has 0 bridgehead atoms. The highest BCUT2D eigenvalue weighted by Crippen LogP contribution is 2.27.